The molecular formula is C14H9N5O. The SMILES string of the molecule is O=c1c2ccccc2nnn1-c1ccc2[nH]ncc2c1. The van der Waals surface area contributed by atoms with Gasteiger partial charge in [-0.3, -0.25) is 9.89 Å². The Morgan fingerprint density at radius 1 is 1.10 bits per heavy atom. The molecule has 0 fully saturated rings. The molecule has 0 aliphatic heterocycles. The van der Waals surface area contributed by atoms with E-state index < -0.39 is 0 Å². The number of aromatic amines is 1. The number of benzene rings is 2. The number of hydrogen-bond donors (Lipinski definition) is 1. The number of nitrogens with one attached hydrogen (secondary N) is 1. The predicted octanol–water partition coefficient (Wildman–Crippen LogP) is 1.66. The maximum atomic E-state index is 12.4. The lowest BCUT2D eigenvalue weighted by Crippen LogP contribution is -2.22. The Hall–Kier alpha value is -3.02. The molecule has 0 saturated heterocycles. The van der Waals surface area contributed by atoms with E-state index in [0.717, 1.165) is 10.9 Å². The monoisotopic (exact) mass is 263 g/mol. The van der Waals surface area contributed by atoms with Gasteiger partial charge in [0.25, 0.3) is 5.56 Å². The van der Waals surface area contributed by atoms with Crippen molar-refractivity contribution in [3.05, 3.63) is 59.0 Å². The highest BCUT2D eigenvalue weighted by Crippen LogP contribution is 2.15. The molecular weight excluding hydrogens is 254 g/mol. The van der Waals surface area contributed by atoms with Crippen LogP contribution in [-0.2, 0) is 0 Å². The fourth-order valence-electron chi connectivity index (χ4n) is 2.22. The molecule has 2 aromatic heterocycles. The van der Waals surface area contributed by atoms with E-state index >= 15 is 0 Å². The molecule has 0 saturated carbocycles. The predicted molar refractivity (Wildman–Crippen MR) is 74.8 cm³/mol. The number of rotatable bonds is 1. The summed E-state index contributed by atoms with van der Waals surface area (Å²) in [6.45, 7) is 0. The van der Waals surface area contributed by atoms with Gasteiger partial charge in [-0.2, -0.15) is 9.78 Å². The van der Waals surface area contributed by atoms with Crippen LogP contribution in [-0.4, -0.2) is 25.2 Å². The van der Waals surface area contributed by atoms with E-state index in [2.05, 4.69) is 20.5 Å². The lowest BCUT2D eigenvalue weighted by molar-refractivity contribution is 0.739. The third kappa shape index (κ3) is 1.51. The molecule has 0 radical (unpaired) electrons. The zero-order valence-electron chi connectivity index (χ0n) is 10.3. The van der Waals surface area contributed by atoms with Gasteiger partial charge in [-0.15, -0.1) is 5.10 Å². The summed E-state index contributed by atoms with van der Waals surface area (Å²) in [6, 6.07) is 12.7. The lowest BCUT2D eigenvalue weighted by atomic mass is 10.2. The second kappa shape index (κ2) is 3.99. The number of nitrogens with zero attached hydrogens (tertiary/aromatic N) is 4. The Morgan fingerprint density at radius 3 is 2.95 bits per heavy atom. The van der Waals surface area contributed by atoms with E-state index in [-0.39, 0.29) is 5.56 Å². The summed E-state index contributed by atoms with van der Waals surface area (Å²) in [5, 5.41) is 16.4. The highest BCUT2D eigenvalue weighted by Gasteiger charge is 2.07. The summed E-state index contributed by atoms with van der Waals surface area (Å²) in [6.07, 6.45) is 1.71. The normalized spacial score (nSPS) is 11.2. The number of aromatic nitrogens is 5. The molecule has 6 nitrogen and oxygen atoms in total. The second-order valence-electron chi connectivity index (χ2n) is 4.47. The van der Waals surface area contributed by atoms with E-state index in [9.17, 15) is 4.79 Å². The van der Waals surface area contributed by atoms with Crippen molar-refractivity contribution in [3.8, 4) is 5.69 Å². The van der Waals surface area contributed by atoms with Crippen molar-refractivity contribution in [3.63, 3.8) is 0 Å². The molecule has 4 aromatic rings. The largest absolute Gasteiger partial charge is 0.282 e. The lowest BCUT2D eigenvalue weighted by Gasteiger charge is -2.04. The second-order valence-corrected chi connectivity index (χ2v) is 4.47. The van der Waals surface area contributed by atoms with Crippen LogP contribution in [0.2, 0.25) is 0 Å². The van der Waals surface area contributed by atoms with E-state index in [1.807, 2.05) is 30.3 Å². The minimum atomic E-state index is -0.182. The van der Waals surface area contributed by atoms with Crippen LogP contribution < -0.4 is 5.56 Å². The fraction of sp³-hybridized carbons (Fsp3) is 0. The smallest absolute Gasteiger partial charge is 0.278 e. The van der Waals surface area contributed by atoms with Gasteiger partial charge in [0.05, 0.1) is 22.8 Å². The highest BCUT2D eigenvalue weighted by molar-refractivity contribution is 5.80. The molecule has 0 aliphatic rings. The van der Waals surface area contributed by atoms with Crippen molar-refractivity contribution in [2.75, 3.05) is 0 Å². The van der Waals surface area contributed by atoms with Crippen molar-refractivity contribution in [1.29, 1.82) is 0 Å². The van der Waals surface area contributed by atoms with Crippen LogP contribution in [0, 0.1) is 0 Å². The molecule has 0 aliphatic carbocycles. The van der Waals surface area contributed by atoms with Crippen LogP contribution in [0.25, 0.3) is 27.5 Å². The molecule has 0 amide bonds. The van der Waals surface area contributed by atoms with Crippen LogP contribution in [0.15, 0.2) is 53.5 Å². The zero-order valence-corrected chi connectivity index (χ0v) is 10.3. The zero-order chi connectivity index (χ0) is 13.5. The van der Waals surface area contributed by atoms with E-state index in [1.165, 1.54) is 4.68 Å². The van der Waals surface area contributed by atoms with E-state index in [4.69, 9.17) is 0 Å². The molecule has 0 spiro atoms. The average Bonchev–Trinajstić information content (AvgIpc) is 2.95. The molecule has 0 unspecified atom stereocenters. The first kappa shape index (κ1) is 10.9. The Morgan fingerprint density at radius 2 is 2.00 bits per heavy atom. The first-order valence-corrected chi connectivity index (χ1v) is 6.11. The molecule has 2 heterocycles. The van der Waals surface area contributed by atoms with Gasteiger partial charge in [0.2, 0.25) is 0 Å². The van der Waals surface area contributed by atoms with Crippen molar-refractivity contribution >= 4 is 21.8 Å². The van der Waals surface area contributed by atoms with Gasteiger partial charge >= 0.3 is 0 Å². The fourth-order valence-corrected chi connectivity index (χ4v) is 2.22. The summed E-state index contributed by atoms with van der Waals surface area (Å²) < 4.78 is 1.30. The molecule has 6 heteroatoms. The molecule has 2 aromatic carbocycles. The van der Waals surface area contributed by atoms with Crippen LogP contribution in [0.5, 0.6) is 0 Å². The Bertz CT molecular complexity index is 985. The van der Waals surface area contributed by atoms with Gasteiger partial charge in [-0.05, 0) is 30.3 Å². The molecule has 0 bridgehead atoms. The minimum absolute atomic E-state index is 0.182. The standard InChI is InChI=1S/C14H9N5O/c20-14-11-3-1-2-4-13(11)17-18-19(14)10-5-6-12-9(7-10)8-15-16-12/h1-8H,(H,15,16). The van der Waals surface area contributed by atoms with Gasteiger partial charge in [-0.1, -0.05) is 17.3 Å². The summed E-state index contributed by atoms with van der Waals surface area (Å²) in [4.78, 5) is 12.4. The quantitative estimate of drug-likeness (QED) is 0.566. The van der Waals surface area contributed by atoms with Crippen LogP contribution in [0.4, 0.5) is 0 Å². The molecule has 20 heavy (non-hydrogen) atoms. The summed E-state index contributed by atoms with van der Waals surface area (Å²) in [7, 11) is 0. The summed E-state index contributed by atoms with van der Waals surface area (Å²) in [5.74, 6) is 0. The molecule has 0 atom stereocenters. The topological polar surface area (TPSA) is 76.5 Å². The highest BCUT2D eigenvalue weighted by atomic mass is 16.1. The summed E-state index contributed by atoms with van der Waals surface area (Å²) >= 11 is 0. The van der Waals surface area contributed by atoms with Crippen molar-refractivity contribution < 1.29 is 0 Å². The van der Waals surface area contributed by atoms with E-state index in [1.54, 1.807) is 18.3 Å². The third-order valence-electron chi connectivity index (χ3n) is 3.24. The van der Waals surface area contributed by atoms with E-state index in [0.29, 0.717) is 16.6 Å². The van der Waals surface area contributed by atoms with Gasteiger partial charge in [0.15, 0.2) is 0 Å². The van der Waals surface area contributed by atoms with Crippen LogP contribution in [0.1, 0.15) is 0 Å². The van der Waals surface area contributed by atoms with Gasteiger partial charge in [0.1, 0.15) is 5.52 Å². The number of fused-ring (bicyclic) bond motifs is 2. The molecule has 1 N–H and O–H groups in total. The molecule has 96 valence electrons. The van der Waals surface area contributed by atoms with Crippen molar-refractivity contribution in [2.45, 2.75) is 0 Å². The first-order valence-electron chi connectivity index (χ1n) is 6.11. The average molecular weight is 263 g/mol. The number of H-pyrrole nitrogens is 1. The first-order chi connectivity index (χ1) is 9.83. The number of hydrogen-bond acceptors (Lipinski definition) is 4. The van der Waals surface area contributed by atoms with Crippen molar-refractivity contribution in [1.82, 2.24) is 25.2 Å². The van der Waals surface area contributed by atoms with Gasteiger partial charge < -0.3 is 0 Å². The van der Waals surface area contributed by atoms with Gasteiger partial charge in [-0.25, -0.2) is 0 Å². The maximum Gasteiger partial charge on any atom is 0.282 e. The third-order valence-corrected chi connectivity index (χ3v) is 3.24. The maximum absolute atomic E-state index is 12.4. The van der Waals surface area contributed by atoms with Crippen LogP contribution in [0.3, 0.4) is 0 Å². The molecule has 4 rings (SSSR count). The van der Waals surface area contributed by atoms with Crippen LogP contribution >= 0.6 is 0 Å². The Labute approximate surface area is 112 Å². The Kier molecular flexibility index (Phi) is 2.17. The minimum Gasteiger partial charge on any atom is -0.278 e. The van der Waals surface area contributed by atoms with Crippen molar-refractivity contribution in [2.24, 2.45) is 0 Å². The summed E-state index contributed by atoms with van der Waals surface area (Å²) in [5.41, 5.74) is 1.99. The Balaban J connectivity index is 2.01. The van der Waals surface area contributed by atoms with Gasteiger partial charge in [0, 0.05) is 5.39 Å².